The highest BCUT2D eigenvalue weighted by Gasteiger charge is 2.19. The Labute approximate surface area is 182 Å². The molecule has 0 radical (unpaired) electrons. The van der Waals surface area contributed by atoms with Crippen LogP contribution in [0.15, 0.2) is 35.4 Å². The van der Waals surface area contributed by atoms with Crippen LogP contribution in [0.2, 0.25) is 0 Å². The lowest BCUT2D eigenvalue weighted by molar-refractivity contribution is -0.115. The fraction of sp³-hybridized carbons (Fsp3) is 0.0909. The van der Waals surface area contributed by atoms with E-state index in [1.54, 1.807) is 12.1 Å². The summed E-state index contributed by atoms with van der Waals surface area (Å²) in [6.45, 7) is 0. The third kappa shape index (κ3) is 4.78. The number of nitriles is 2. The van der Waals surface area contributed by atoms with Gasteiger partial charge < -0.3 is 31.2 Å². The molecular weight excluding hydrogens is 416 g/mol. The number of primary amides is 2. The number of hydrogen-bond donors (Lipinski definition) is 4. The fourth-order valence-electron chi connectivity index (χ4n) is 2.80. The van der Waals surface area contributed by atoms with Crippen LogP contribution >= 0.6 is 0 Å². The van der Waals surface area contributed by atoms with Gasteiger partial charge in [0, 0.05) is 11.1 Å². The van der Waals surface area contributed by atoms with Crippen molar-refractivity contribution in [3.8, 4) is 46.3 Å². The van der Waals surface area contributed by atoms with Gasteiger partial charge in [-0.2, -0.15) is 10.5 Å². The molecule has 0 atom stereocenters. The van der Waals surface area contributed by atoms with E-state index in [0.717, 1.165) is 0 Å². The monoisotopic (exact) mass is 434 g/mol. The van der Waals surface area contributed by atoms with Crippen molar-refractivity contribution in [3.05, 3.63) is 46.5 Å². The normalized spacial score (nSPS) is 11.2. The van der Waals surface area contributed by atoms with Gasteiger partial charge in [-0.3, -0.25) is 9.59 Å². The summed E-state index contributed by atoms with van der Waals surface area (Å²) in [6.07, 6.45) is 2.37. The molecule has 2 rings (SSSR count). The van der Waals surface area contributed by atoms with E-state index in [1.807, 2.05) is 0 Å². The Morgan fingerprint density at radius 3 is 1.41 bits per heavy atom. The molecule has 162 valence electrons. The van der Waals surface area contributed by atoms with E-state index < -0.39 is 11.8 Å². The van der Waals surface area contributed by atoms with Crippen LogP contribution in [-0.4, -0.2) is 36.2 Å². The molecule has 0 fully saturated rings. The average Bonchev–Trinajstić information content (AvgIpc) is 2.76. The van der Waals surface area contributed by atoms with Crippen molar-refractivity contribution >= 4 is 24.0 Å². The molecule has 0 aliphatic carbocycles. The molecule has 2 aromatic rings. The summed E-state index contributed by atoms with van der Waals surface area (Å²) in [4.78, 5) is 22.8. The summed E-state index contributed by atoms with van der Waals surface area (Å²) in [5.74, 6) is -2.68. The number of phenols is 2. The second kappa shape index (κ2) is 9.69. The van der Waals surface area contributed by atoms with Gasteiger partial charge in [-0.15, -0.1) is 0 Å². The standard InChI is InChI=1S/C22H18N4O6/c1-31-17-7-11(3-13(9-23)21(25)29)5-15(19(17)27)16-6-12(4-14(10-24)22(26)30)8-18(32-2)20(16)28/h3-8,27-28H,1-2H3,(H2,25,29)(H2,26,30)/b13-3+,14-4+. The Kier molecular flexibility index (Phi) is 7.06. The molecule has 0 spiro atoms. The Bertz CT molecular complexity index is 1150. The lowest BCUT2D eigenvalue weighted by Gasteiger charge is -2.15. The van der Waals surface area contributed by atoms with Gasteiger partial charge in [0.2, 0.25) is 0 Å². The maximum Gasteiger partial charge on any atom is 0.259 e. The van der Waals surface area contributed by atoms with Crippen LogP contribution in [0.25, 0.3) is 23.3 Å². The van der Waals surface area contributed by atoms with Crippen molar-refractivity contribution in [2.75, 3.05) is 14.2 Å². The van der Waals surface area contributed by atoms with E-state index in [9.17, 15) is 19.8 Å². The summed E-state index contributed by atoms with van der Waals surface area (Å²) < 4.78 is 10.3. The van der Waals surface area contributed by atoms with Crippen LogP contribution in [0.1, 0.15) is 11.1 Å². The van der Waals surface area contributed by atoms with E-state index in [1.165, 1.54) is 50.6 Å². The zero-order valence-electron chi connectivity index (χ0n) is 17.0. The molecule has 0 unspecified atom stereocenters. The van der Waals surface area contributed by atoms with Gasteiger partial charge in [0.15, 0.2) is 23.0 Å². The van der Waals surface area contributed by atoms with Crippen LogP contribution < -0.4 is 20.9 Å². The molecule has 2 aromatic carbocycles. The molecule has 0 saturated heterocycles. The summed E-state index contributed by atoms with van der Waals surface area (Å²) in [7, 11) is 2.58. The van der Waals surface area contributed by atoms with Crippen LogP contribution in [0.5, 0.6) is 23.0 Å². The van der Waals surface area contributed by atoms with Crippen LogP contribution in [0, 0.1) is 22.7 Å². The van der Waals surface area contributed by atoms with Crippen molar-refractivity contribution in [2.24, 2.45) is 11.5 Å². The smallest absolute Gasteiger partial charge is 0.259 e. The van der Waals surface area contributed by atoms with E-state index in [0.29, 0.717) is 0 Å². The number of nitrogens with two attached hydrogens (primary N) is 2. The lowest BCUT2D eigenvalue weighted by atomic mass is 9.96. The third-order valence-electron chi connectivity index (χ3n) is 4.32. The first-order valence-electron chi connectivity index (χ1n) is 8.82. The minimum Gasteiger partial charge on any atom is -0.504 e. The maximum atomic E-state index is 11.4. The maximum absolute atomic E-state index is 11.4. The number of amides is 2. The predicted molar refractivity (Wildman–Crippen MR) is 114 cm³/mol. The highest BCUT2D eigenvalue weighted by molar-refractivity contribution is 6.02. The topological polar surface area (TPSA) is 193 Å². The second-order valence-corrected chi connectivity index (χ2v) is 6.31. The number of benzene rings is 2. The Morgan fingerprint density at radius 1 is 0.812 bits per heavy atom. The number of rotatable bonds is 7. The molecule has 32 heavy (non-hydrogen) atoms. The molecule has 0 saturated carbocycles. The van der Waals surface area contributed by atoms with E-state index >= 15 is 0 Å². The van der Waals surface area contributed by atoms with E-state index in [-0.39, 0.29) is 56.4 Å². The van der Waals surface area contributed by atoms with Crippen molar-refractivity contribution in [2.45, 2.75) is 0 Å². The highest BCUT2D eigenvalue weighted by Crippen LogP contribution is 2.46. The average molecular weight is 434 g/mol. The zero-order valence-corrected chi connectivity index (χ0v) is 17.0. The van der Waals surface area contributed by atoms with Crippen LogP contribution in [0.4, 0.5) is 0 Å². The van der Waals surface area contributed by atoms with Gasteiger partial charge >= 0.3 is 0 Å². The lowest BCUT2D eigenvalue weighted by Crippen LogP contribution is -2.12. The first-order chi connectivity index (χ1) is 15.2. The van der Waals surface area contributed by atoms with Gasteiger partial charge in [0.25, 0.3) is 11.8 Å². The molecular formula is C22H18N4O6. The van der Waals surface area contributed by atoms with Gasteiger partial charge in [-0.05, 0) is 47.5 Å². The first-order valence-corrected chi connectivity index (χ1v) is 8.82. The Morgan fingerprint density at radius 2 is 1.16 bits per heavy atom. The Hall–Kier alpha value is -4.96. The molecule has 10 heteroatoms. The molecule has 0 aliphatic rings. The molecule has 0 aromatic heterocycles. The molecule has 10 nitrogen and oxygen atoms in total. The number of carbonyl (C=O) groups is 2. The summed E-state index contributed by atoms with van der Waals surface area (Å²) in [5, 5.41) is 39.5. The predicted octanol–water partition coefficient (Wildman–Crippen LogP) is 1.57. The molecule has 6 N–H and O–H groups in total. The number of hydrogen-bond acceptors (Lipinski definition) is 8. The van der Waals surface area contributed by atoms with Crippen LogP contribution in [-0.2, 0) is 9.59 Å². The quantitative estimate of drug-likeness (QED) is 0.372. The minimum atomic E-state index is -0.951. The number of phenolic OH excluding ortho intramolecular Hbond substituents is 2. The van der Waals surface area contributed by atoms with Crippen molar-refractivity contribution < 1.29 is 29.3 Å². The molecule has 0 bridgehead atoms. The fourth-order valence-corrected chi connectivity index (χ4v) is 2.80. The number of carbonyl (C=O) groups excluding carboxylic acids is 2. The Balaban J connectivity index is 2.87. The van der Waals surface area contributed by atoms with Crippen molar-refractivity contribution in [1.29, 1.82) is 10.5 Å². The van der Waals surface area contributed by atoms with Gasteiger partial charge in [-0.1, -0.05) is 0 Å². The number of methoxy groups -OCH3 is 2. The summed E-state index contributed by atoms with van der Waals surface area (Å²) in [6, 6.07) is 8.81. The second-order valence-electron chi connectivity index (χ2n) is 6.31. The minimum absolute atomic E-state index is 0.0235. The van der Waals surface area contributed by atoms with Crippen LogP contribution in [0.3, 0.4) is 0 Å². The summed E-state index contributed by atoms with van der Waals surface area (Å²) >= 11 is 0. The SMILES string of the molecule is COc1cc(/C=C(\C#N)C(N)=O)cc(-c2cc(/C=C(\C#N)C(N)=O)cc(OC)c2O)c1O. The van der Waals surface area contributed by atoms with Gasteiger partial charge in [0.05, 0.1) is 14.2 Å². The van der Waals surface area contributed by atoms with Crippen molar-refractivity contribution in [3.63, 3.8) is 0 Å². The van der Waals surface area contributed by atoms with Gasteiger partial charge in [0.1, 0.15) is 23.3 Å². The highest BCUT2D eigenvalue weighted by atomic mass is 16.5. The van der Waals surface area contributed by atoms with Gasteiger partial charge in [-0.25, -0.2) is 0 Å². The molecule has 0 aliphatic heterocycles. The zero-order chi connectivity index (χ0) is 24.0. The third-order valence-corrected chi connectivity index (χ3v) is 4.32. The first kappa shape index (κ1) is 23.3. The molecule has 0 heterocycles. The number of ether oxygens (including phenoxy) is 2. The number of nitrogens with zero attached hydrogens (tertiary/aromatic N) is 2. The van der Waals surface area contributed by atoms with Crippen molar-refractivity contribution in [1.82, 2.24) is 0 Å². The van der Waals surface area contributed by atoms with E-state index in [4.69, 9.17) is 31.5 Å². The number of aromatic hydroxyl groups is 2. The largest absolute Gasteiger partial charge is 0.504 e. The van der Waals surface area contributed by atoms with E-state index in [2.05, 4.69) is 0 Å². The summed E-state index contributed by atoms with van der Waals surface area (Å²) in [5.41, 5.74) is 10.3. The molecule has 2 amide bonds.